The highest BCUT2D eigenvalue weighted by molar-refractivity contribution is 6.34. The van der Waals surface area contributed by atoms with Crippen LogP contribution in [0.3, 0.4) is 0 Å². The zero-order valence-corrected chi connectivity index (χ0v) is 10.4. The molecule has 0 saturated heterocycles. The van der Waals surface area contributed by atoms with Gasteiger partial charge in [-0.05, 0) is 18.2 Å². The van der Waals surface area contributed by atoms with Gasteiger partial charge in [-0.15, -0.1) is 0 Å². The number of hydrogen-bond acceptors (Lipinski definition) is 3. The summed E-state index contributed by atoms with van der Waals surface area (Å²) < 4.78 is 0. The number of carbonyl (C=O) groups is 1. The number of nitro groups is 1. The van der Waals surface area contributed by atoms with E-state index in [2.05, 4.69) is 0 Å². The molecule has 98 valence electrons. The molecule has 1 aliphatic heterocycles. The molecule has 20 heavy (non-hydrogen) atoms. The van der Waals surface area contributed by atoms with Gasteiger partial charge in [0.25, 0.3) is 5.91 Å². The van der Waals surface area contributed by atoms with Crippen LogP contribution in [0.25, 0.3) is 5.57 Å². The van der Waals surface area contributed by atoms with E-state index < -0.39 is 4.92 Å². The zero-order chi connectivity index (χ0) is 14.1. The van der Waals surface area contributed by atoms with Gasteiger partial charge in [0.1, 0.15) is 5.57 Å². The number of benzene rings is 2. The normalized spacial score (nSPS) is 15.5. The Kier molecular flexibility index (Phi) is 2.80. The fourth-order valence-corrected chi connectivity index (χ4v) is 2.31. The molecule has 1 heterocycles. The lowest BCUT2D eigenvalue weighted by molar-refractivity contribution is -0.401. The average molecular weight is 266 g/mol. The van der Waals surface area contributed by atoms with Crippen molar-refractivity contribution in [2.24, 2.45) is 0 Å². The van der Waals surface area contributed by atoms with Crippen LogP contribution in [-0.4, -0.2) is 10.8 Å². The van der Waals surface area contributed by atoms with Gasteiger partial charge in [-0.1, -0.05) is 36.4 Å². The maximum absolute atomic E-state index is 12.5. The largest absolute Gasteiger partial charge is 0.276 e. The van der Waals surface area contributed by atoms with Crippen molar-refractivity contribution >= 4 is 22.9 Å². The monoisotopic (exact) mass is 266 g/mol. The Hall–Kier alpha value is -2.95. The van der Waals surface area contributed by atoms with Crippen LogP contribution in [0, 0.1) is 10.1 Å². The van der Waals surface area contributed by atoms with Crippen molar-refractivity contribution in [1.82, 2.24) is 0 Å². The van der Waals surface area contributed by atoms with E-state index in [1.807, 2.05) is 18.2 Å². The van der Waals surface area contributed by atoms with Crippen molar-refractivity contribution < 1.29 is 9.72 Å². The molecule has 5 heteroatoms. The molecule has 0 saturated carbocycles. The Morgan fingerprint density at radius 1 is 1.00 bits per heavy atom. The van der Waals surface area contributed by atoms with E-state index >= 15 is 0 Å². The Balaban J connectivity index is 2.20. The fourth-order valence-electron chi connectivity index (χ4n) is 2.31. The van der Waals surface area contributed by atoms with E-state index in [1.165, 1.54) is 4.90 Å². The quantitative estimate of drug-likeness (QED) is 0.477. The molecule has 0 atom stereocenters. The smallest absolute Gasteiger partial charge is 0.269 e. The summed E-state index contributed by atoms with van der Waals surface area (Å²) in [5.41, 5.74) is 2.04. The second kappa shape index (κ2) is 4.62. The predicted molar refractivity (Wildman–Crippen MR) is 75.0 cm³/mol. The topological polar surface area (TPSA) is 63.4 Å². The van der Waals surface area contributed by atoms with Crippen molar-refractivity contribution in [3.63, 3.8) is 0 Å². The van der Waals surface area contributed by atoms with Crippen molar-refractivity contribution in [3.8, 4) is 0 Å². The van der Waals surface area contributed by atoms with E-state index in [0.29, 0.717) is 16.9 Å². The van der Waals surface area contributed by atoms with Crippen molar-refractivity contribution in [1.29, 1.82) is 0 Å². The minimum atomic E-state index is -0.599. The van der Waals surface area contributed by atoms with Crippen LogP contribution >= 0.6 is 0 Å². The van der Waals surface area contributed by atoms with Gasteiger partial charge < -0.3 is 0 Å². The SMILES string of the molecule is O=C1/C(=C/[N+](=O)[O-])c2ccccc2N1c1ccccc1. The lowest BCUT2D eigenvalue weighted by Crippen LogP contribution is -2.20. The van der Waals surface area contributed by atoms with E-state index in [0.717, 1.165) is 6.20 Å². The number of para-hydroxylation sites is 2. The number of carbonyl (C=O) groups excluding carboxylic acids is 1. The first kappa shape index (κ1) is 12.1. The molecule has 3 rings (SSSR count). The van der Waals surface area contributed by atoms with Gasteiger partial charge >= 0.3 is 0 Å². The lowest BCUT2D eigenvalue weighted by Gasteiger charge is -2.16. The van der Waals surface area contributed by atoms with Crippen LogP contribution in [0.15, 0.2) is 60.8 Å². The third-order valence-corrected chi connectivity index (χ3v) is 3.12. The van der Waals surface area contributed by atoms with Gasteiger partial charge in [0, 0.05) is 11.3 Å². The molecule has 0 fully saturated rings. The van der Waals surface area contributed by atoms with Gasteiger partial charge in [-0.2, -0.15) is 0 Å². The summed E-state index contributed by atoms with van der Waals surface area (Å²) in [4.78, 5) is 24.1. The van der Waals surface area contributed by atoms with Gasteiger partial charge in [0.2, 0.25) is 6.20 Å². The minimum Gasteiger partial charge on any atom is -0.276 e. The lowest BCUT2D eigenvalue weighted by atomic mass is 10.1. The van der Waals surface area contributed by atoms with Crippen LogP contribution < -0.4 is 4.90 Å². The second-order valence-corrected chi connectivity index (χ2v) is 4.32. The summed E-state index contributed by atoms with van der Waals surface area (Å²) in [7, 11) is 0. The molecule has 0 aliphatic carbocycles. The van der Waals surface area contributed by atoms with E-state index in [4.69, 9.17) is 0 Å². The minimum absolute atomic E-state index is 0.106. The molecular formula is C15H10N2O3. The molecule has 0 N–H and O–H groups in total. The van der Waals surface area contributed by atoms with Crippen molar-refractivity contribution in [2.45, 2.75) is 0 Å². The van der Waals surface area contributed by atoms with Crippen molar-refractivity contribution in [3.05, 3.63) is 76.5 Å². The average Bonchev–Trinajstić information content (AvgIpc) is 2.72. The summed E-state index contributed by atoms with van der Waals surface area (Å²) in [5.74, 6) is -0.380. The van der Waals surface area contributed by atoms with Gasteiger partial charge in [0.15, 0.2) is 0 Å². The Labute approximate surface area is 114 Å². The third kappa shape index (κ3) is 1.85. The maximum atomic E-state index is 12.5. The Morgan fingerprint density at radius 2 is 1.65 bits per heavy atom. The highest BCUT2D eigenvalue weighted by Gasteiger charge is 2.35. The zero-order valence-electron chi connectivity index (χ0n) is 10.4. The molecule has 1 amide bonds. The molecular weight excluding hydrogens is 256 g/mol. The van der Waals surface area contributed by atoms with Crippen LogP contribution in [0.5, 0.6) is 0 Å². The van der Waals surface area contributed by atoms with Gasteiger partial charge in [-0.25, -0.2) is 0 Å². The highest BCUT2D eigenvalue weighted by Crippen LogP contribution is 2.40. The molecule has 0 bridgehead atoms. The first-order valence-corrected chi connectivity index (χ1v) is 6.03. The van der Waals surface area contributed by atoms with Crippen LogP contribution in [0.2, 0.25) is 0 Å². The Morgan fingerprint density at radius 3 is 2.35 bits per heavy atom. The number of fused-ring (bicyclic) bond motifs is 1. The molecule has 0 aromatic heterocycles. The van der Waals surface area contributed by atoms with Gasteiger partial charge in [0.05, 0.1) is 10.6 Å². The van der Waals surface area contributed by atoms with E-state index in [-0.39, 0.29) is 11.5 Å². The number of rotatable bonds is 2. The fraction of sp³-hybridized carbons (Fsp3) is 0. The number of nitrogens with zero attached hydrogens (tertiary/aromatic N) is 2. The summed E-state index contributed by atoms with van der Waals surface area (Å²) in [6.45, 7) is 0. The number of amides is 1. The van der Waals surface area contributed by atoms with Crippen LogP contribution in [0.4, 0.5) is 11.4 Å². The number of hydrogen-bond donors (Lipinski definition) is 0. The second-order valence-electron chi connectivity index (χ2n) is 4.32. The van der Waals surface area contributed by atoms with E-state index in [9.17, 15) is 14.9 Å². The molecule has 2 aromatic rings. The van der Waals surface area contributed by atoms with E-state index in [1.54, 1.807) is 36.4 Å². The molecule has 1 aliphatic rings. The first-order valence-electron chi connectivity index (χ1n) is 6.03. The standard InChI is InChI=1S/C15H10N2O3/c18-15-13(10-16(19)20)12-8-4-5-9-14(12)17(15)11-6-2-1-3-7-11/h1-10H/b13-10+. The third-order valence-electron chi connectivity index (χ3n) is 3.12. The summed E-state index contributed by atoms with van der Waals surface area (Å²) in [6.07, 6.45) is 0.768. The number of anilines is 2. The van der Waals surface area contributed by atoms with Crippen LogP contribution in [0.1, 0.15) is 5.56 Å². The summed E-state index contributed by atoms with van der Waals surface area (Å²) in [6, 6.07) is 16.1. The molecule has 2 aromatic carbocycles. The van der Waals surface area contributed by atoms with Gasteiger partial charge in [-0.3, -0.25) is 19.8 Å². The molecule has 0 unspecified atom stereocenters. The maximum Gasteiger partial charge on any atom is 0.269 e. The summed E-state index contributed by atoms with van der Waals surface area (Å²) >= 11 is 0. The first-order chi connectivity index (χ1) is 9.68. The molecule has 0 spiro atoms. The van der Waals surface area contributed by atoms with Crippen molar-refractivity contribution in [2.75, 3.05) is 4.90 Å². The predicted octanol–water partition coefficient (Wildman–Crippen LogP) is 2.98. The van der Waals surface area contributed by atoms with Crippen LogP contribution in [-0.2, 0) is 4.79 Å². The molecule has 0 radical (unpaired) electrons. The summed E-state index contributed by atoms with van der Waals surface area (Å²) in [5, 5.41) is 10.7. The molecule has 5 nitrogen and oxygen atoms in total. The Bertz CT molecular complexity index is 723. The highest BCUT2D eigenvalue weighted by atomic mass is 16.6.